The first-order valence-electron chi connectivity index (χ1n) is 5.23. The lowest BCUT2D eigenvalue weighted by Gasteiger charge is -2.26. The third-order valence-electron chi connectivity index (χ3n) is 2.60. The Balaban J connectivity index is 1.62. The van der Waals surface area contributed by atoms with E-state index in [0.29, 0.717) is 0 Å². The summed E-state index contributed by atoms with van der Waals surface area (Å²) in [7, 11) is 0. The first-order chi connectivity index (χ1) is 6.95. The molecule has 1 N–H and O–H groups in total. The fourth-order valence-electron chi connectivity index (χ4n) is 1.75. The molecule has 0 saturated carbocycles. The lowest BCUT2D eigenvalue weighted by atomic mass is 10.2. The molecular weight excluding hydrogens is 178 g/mol. The number of rotatable bonds is 4. The fraction of sp³-hybridized carbons (Fsp3) is 0.700. The summed E-state index contributed by atoms with van der Waals surface area (Å²) in [6.45, 7) is 5.14. The number of nitrogens with one attached hydrogen (secondary N) is 1. The topological polar surface area (TPSA) is 41.2 Å². The maximum Gasteiger partial charge on any atom is 0.0594 e. The quantitative estimate of drug-likeness (QED) is 0.768. The van der Waals surface area contributed by atoms with Crippen LogP contribution < -0.4 is 0 Å². The van der Waals surface area contributed by atoms with Gasteiger partial charge in [-0.2, -0.15) is 5.10 Å². The zero-order valence-corrected chi connectivity index (χ0v) is 8.41. The van der Waals surface area contributed by atoms with Crippen LogP contribution in [-0.2, 0) is 11.2 Å². The van der Waals surface area contributed by atoms with E-state index in [-0.39, 0.29) is 0 Å². The molecule has 0 radical (unpaired) electrons. The number of aromatic nitrogens is 2. The van der Waals surface area contributed by atoms with Crippen molar-refractivity contribution >= 4 is 0 Å². The van der Waals surface area contributed by atoms with Crippen LogP contribution in [0.25, 0.3) is 0 Å². The van der Waals surface area contributed by atoms with Gasteiger partial charge in [-0.15, -0.1) is 0 Å². The third-order valence-corrected chi connectivity index (χ3v) is 2.60. The molecule has 1 aromatic rings. The number of nitrogens with zero attached hydrogens (tertiary/aromatic N) is 2. The molecule has 2 heterocycles. The van der Waals surface area contributed by atoms with E-state index in [2.05, 4.69) is 15.1 Å². The van der Waals surface area contributed by atoms with E-state index in [4.69, 9.17) is 4.74 Å². The number of aryl methyl sites for hydroxylation is 1. The second kappa shape index (κ2) is 5.12. The van der Waals surface area contributed by atoms with Crippen LogP contribution in [-0.4, -0.2) is 47.9 Å². The van der Waals surface area contributed by atoms with Gasteiger partial charge in [0.1, 0.15) is 0 Å². The van der Waals surface area contributed by atoms with Crippen LogP contribution in [0.4, 0.5) is 0 Å². The number of morpholine rings is 1. The molecule has 0 amide bonds. The van der Waals surface area contributed by atoms with Crippen LogP contribution >= 0.6 is 0 Å². The van der Waals surface area contributed by atoms with Crippen molar-refractivity contribution in [2.75, 3.05) is 32.8 Å². The van der Waals surface area contributed by atoms with Gasteiger partial charge in [-0.3, -0.25) is 10.00 Å². The van der Waals surface area contributed by atoms with Crippen molar-refractivity contribution in [3.05, 3.63) is 18.0 Å². The van der Waals surface area contributed by atoms with Crippen molar-refractivity contribution in [1.82, 2.24) is 15.1 Å². The Morgan fingerprint density at radius 3 is 3.00 bits per heavy atom. The minimum absolute atomic E-state index is 0.895. The molecule has 14 heavy (non-hydrogen) atoms. The summed E-state index contributed by atoms with van der Waals surface area (Å²) >= 11 is 0. The Morgan fingerprint density at radius 2 is 2.29 bits per heavy atom. The molecule has 0 aromatic carbocycles. The summed E-state index contributed by atoms with van der Waals surface area (Å²) in [5.41, 5.74) is 1.30. The number of hydrogen-bond donors (Lipinski definition) is 1. The van der Waals surface area contributed by atoms with Gasteiger partial charge >= 0.3 is 0 Å². The highest BCUT2D eigenvalue weighted by Gasteiger charge is 2.09. The van der Waals surface area contributed by atoms with E-state index in [1.54, 1.807) is 0 Å². The van der Waals surface area contributed by atoms with Crippen molar-refractivity contribution in [1.29, 1.82) is 0 Å². The largest absolute Gasteiger partial charge is 0.379 e. The van der Waals surface area contributed by atoms with Crippen molar-refractivity contribution in [3.8, 4) is 0 Å². The predicted octanol–water partition coefficient (Wildman–Crippen LogP) is 0.674. The van der Waals surface area contributed by atoms with Crippen molar-refractivity contribution < 1.29 is 4.74 Å². The summed E-state index contributed by atoms with van der Waals surface area (Å²) in [6, 6.07) is 0. The standard InChI is InChI=1S/C10H17N3O/c1(2-10-8-11-12-9-10)3-13-4-6-14-7-5-13/h8-9H,1-7H2,(H,11,12). The van der Waals surface area contributed by atoms with Crippen LogP contribution in [0.5, 0.6) is 0 Å². The average molecular weight is 195 g/mol. The summed E-state index contributed by atoms with van der Waals surface area (Å²) in [5.74, 6) is 0. The number of ether oxygens (including phenoxy) is 1. The monoisotopic (exact) mass is 195 g/mol. The lowest BCUT2D eigenvalue weighted by Crippen LogP contribution is -2.36. The first kappa shape index (κ1) is 9.68. The van der Waals surface area contributed by atoms with Crippen LogP contribution in [0.2, 0.25) is 0 Å². The van der Waals surface area contributed by atoms with Gasteiger partial charge < -0.3 is 4.74 Å². The van der Waals surface area contributed by atoms with Crippen LogP contribution in [0.1, 0.15) is 12.0 Å². The summed E-state index contributed by atoms with van der Waals surface area (Å²) < 4.78 is 5.30. The van der Waals surface area contributed by atoms with Gasteiger partial charge in [0.15, 0.2) is 0 Å². The smallest absolute Gasteiger partial charge is 0.0594 e. The zero-order chi connectivity index (χ0) is 9.64. The molecule has 1 aromatic heterocycles. The molecular formula is C10H17N3O. The molecule has 4 nitrogen and oxygen atoms in total. The van der Waals surface area contributed by atoms with Gasteiger partial charge in [-0.1, -0.05) is 0 Å². The summed E-state index contributed by atoms with van der Waals surface area (Å²) in [6.07, 6.45) is 6.20. The Labute approximate surface area is 84.3 Å². The van der Waals surface area contributed by atoms with Gasteiger partial charge in [0.2, 0.25) is 0 Å². The van der Waals surface area contributed by atoms with Crippen molar-refractivity contribution in [2.45, 2.75) is 12.8 Å². The first-order valence-corrected chi connectivity index (χ1v) is 5.23. The molecule has 0 unspecified atom stereocenters. The van der Waals surface area contributed by atoms with E-state index >= 15 is 0 Å². The Bertz CT molecular complexity index is 242. The zero-order valence-electron chi connectivity index (χ0n) is 8.41. The molecule has 1 saturated heterocycles. The van der Waals surface area contributed by atoms with Crippen LogP contribution in [0.3, 0.4) is 0 Å². The number of H-pyrrole nitrogens is 1. The maximum atomic E-state index is 5.30. The minimum atomic E-state index is 0.895. The lowest BCUT2D eigenvalue weighted by molar-refractivity contribution is 0.0375. The minimum Gasteiger partial charge on any atom is -0.379 e. The fourth-order valence-corrected chi connectivity index (χ4v) is 1.75. The highest BCUT2D eigenvalue weighted by molar-refractivity contribution is 5.02. The highest BCUT2D eigenvalue weighted by atomic mass is 16.5. The molecule has 2 rings (SSSR count). The normalized spacial score (nSPS) is 18.6. The number of hydrogen-bond acceptors (Lipinski definition) is 3. The molecule has 1 aliphatic heterocycles. The molecule has 0 spiro atoms. The Morgan fingerprint density at radius 1 is 1.43 bits per heavy atom. The van der Waals surface area contributed by atoms with E-state index < -0.39 is 0 Å². The molecule has 0 bridgehead atoms. The molecule has 4 heteroatoms. The highest BCUT2D eigenvalue weighted by Crippen LogP contribution is 2.02. The molecule has 0 aliphatic carbocycles. The molecule has 1 aliphatic rings. The SMILES string of the molecule is c1n[nH]cc1CCCN1CCOCC1. The predicted molar refractivity (Wildman–Crippen MR) is 54.2 cm³/mol. The van der Waals surface area contributed by atoms with Crippen molar-refractivity contribution in [2.24, 2.45) is 0 Å². The van der Waals surface area contributed by atoms with Crippen LogP contribution in [0.15, 0.2) is 12.4 Å². The Kier molecular flexibility index (Phi) is 3.54. The Hall–Kier alpha value is -0.870. The van der Waals surface area contributed by atoms with Gasteiger partial charge in [0.05, 0.1) is 19.4 Å². The number of aromatic amines is 1. The summed E-state index contributed by atoms with van der Waals surface area (Å²) in [4.78, 5) is 2.46. The summed E-state index contributed by atoms with van der Waals surface area (Å²) in [5, 5.41) is 6.76. The van der Waals surface area contributed by atoms with Gasteiger partial charge in [-0.25, -0.2) is 0 Å². The van der Waals surface area contributed by atoms with Gasteiger partial charge in [0, 0.05) is 19.3 Å². The van der Waals surface area contributed by atoms with E-state index in [0.717, 1.165) is 32.7 Å². The van der Waals surface area contributed by atoms with Gasteiger partial charge in [0.25, 0.3) is 0 Å². The second-order valence-corrected chi connectivity index (χ2v) is 3.66. The maximum absolute atomic E-state index is 5.30. The molecule has 1 fully saturated rings. The van der Waals surface area contributed by atoms with E-state index in [1.165, 1.54) is 18.5 Å². The van der Waals surface area contributed by atoms with E-state index in [9.17, 15) is 0 Å². The molecule has 0 atom stereocenters. The van der Waals surface area contributed by atoms with Crippen molar-refractivity contribution in [3.63, 3.8) is 0 Å². The molecule has 78 valence electrons. The average Bonchev–Trinajstić information content (AvgIpc) is 2.72. The second-order valence-electron chi connectivity index (χ2n) is 3.66. The van der Waals surface area contributed by atoms with Gasteiger partial charge in [-0.05, 0) is 24.9 Å². The van der Waals surface area contributed by atoms with Crippen LogP contribution in [0, 0.1) is 0 Å². The third kappa shape index (κ3) is 2.82. The van der Waals surface area contributed by atoms with E-state index in [1.807, 2.05) is 12.4 Å².